The van der Waals surface area contributed by atoms with Crippen molar-refractivity contribution in [3.63, 3.8) is 0 Å². The molecule has 2 saturated heterocycles. The van der Waals surface area contributed by atoms with Crippen LogP contribution in [0.2, 0.25) is 0 Å². The van der Waals surface area contributed by atoms with Crippen LogP contribution in [0.5, 0.6) is 0 Å². The van der Waals surface area contributed by atoms with E-state index in [1.807, 2.05) is 0 Å². The Bertz CT molecular complexity index is 1410. The maximum absolute atomic E-state index is 13.7. The monoisotopic (exact) mass is 695 g/mol. The number of hydrogen-bond donors (Lipinski definition) is 1. The van der Waals surface area contributed by atoms with Crippen molar-refractivity contribution in [2.24, 2.45) is 0 Å². The van der Waals surface area contributed by atoms with Gasteiger partial charge in [0.2, 0.25) is 13.6 Å². The second-order valence-corrected chi connectivity index (χ2v) is 12.2. The van der Waals surface area contributed by atoms with Gasteiger partial charge in [-0.15, -0.1) is 11.6 Å². The summed E-state index contributed by atoms with van der Waals surface area (Å²) in [7, 11) is -3.39. The normalized spacial score (nSPS) is 26.0. The number of phosphoric ester groups is 1. The summed E-state index contributed by atoms with van der Waals surface area (Å²) < 4.78 is 74.4. The molecule has 0 radical (unpaired) electrons. The number of nitrogens with two attached hydrogens (primary N) is 1. The van der Waals surface area contributed by atoms with Gasteiger partial charge in [-0.25, -0.2) is 38.2 Å². The lowest BCUT2D eigenvalue weighted by Crippen LogP contribution is -2.51. The van der Waals surface area contributed by atoms with Crippen LogP contribution in [0.4, 0.5) is 15.4 Å². The highest BCUT2D eigenvalue weighted by Gasteiger charge is 2.70. The van der Waals surface area contributed by atoms with Crippen molar-refractivity contribution in [1.29, 1.82) is 0 Å². The van der Waals surface area contributed by atoms with E-state index in [0.29, 0.717) is 0 Å². The number of carbonyl (C=O) groups excluding carboxylic acids is 2. The van der Waals surface area contributed by atoms with Crippen LogP contribution in [-0.2, 0) is 56.0 Å². The molecule has 2 aliphatic rings. The molecule has 5 atom stereocenters. The molecule has 1 unspecified atom stereocenters. The lowest BCUT2D eigenvalue weighted by atomic mass is 9.87. The molecule has 0 aromatic carbocycles. The molecule has 0 bridgehead atoms. The van der Waals surface area contributed by atoms with E-state index in [0.717, 1.165) is 0 Å². The van der Waals surface area contributed by atoms with Gasteiger partial charge in [-0.2, -0.15) is 0 Å². The van der Waals surface area contributed by atoms with Gasteiger partial charge >= 0.3 is 20.1 Å². The average Bonchev–Trinajstić information content (AvgIpc) is 3.66. The van der Waals surface area contributed by atoms with E-state index in [2.05, 4.69) is 21.5 Å². The molecular formula is C25H35ClN5O14P. The number of carbonyl (C=O) groups is 2. The summed E-state index contributed by atoms with van der Waals surface area (Å²) in [5.74, 6) is -0.229. The zero-order chi connectivity index (χ0) is 33.7. The fraction of sp³-hybridized carbons (Fsp3) is 0.640. The molecule has 0 spiro atoms. The Kier molecular flexibility index (Phi) is 11.4. The highest BCUT2D eigenvalue weighted by molar-refractivity contribution is 7.48. The number of alkyl halides is 1. The third-order valence-electron chi connectivity index (χ3n) is 6.45. The van der Waals surface area contributed by atoms with Crippen molar-refractivity contribution in [2.45, 2.75) is 69.9 Å². The molecule has 2 aromatic heterocycles. The number of phosphoric acid groups is 1. The van der Waals surface area contributed by atoms with E-state index in [1.165, 1.54) is 30.4 Å². The van der Waals surface area contributed by atoms with E-state index in [-0.39, 0.29) is 22.9 Å². The summed E-state index contributed by atoms with van der Waals surface area (Å²) in [6, 6.07) is 0. The van der Waals surface area contributed by atoms with Crippen molar-refractivity contribution >= 4 is 48.7 Å². The van der Waals surface area contributed by atoms with Crippen LogP contribution in [0.25, 0.3) is 11.2 Å². The fourth-order valence-electron chi connectivity index (χ4n) is 4.53. The zero-order valence-corrected chi connectivity index (χ0v) is 27.2. The van der Waals surface area contributed by atoms with Gasteiger partial charge in [0.1, 0.15) is 23.5 Å². The minimum Gasteiger partial charge on any atom is -0.432 e. The van der Waals surface area contributed by atoms with Gasteiger partial charge in [0.05, 0.1) is 31.0 Å². The number of anilines is 1. The van der Waals surface area contributed by atoms with Gasteiger partial charge < -0.3 is 43.6 Å². The average molecular weight is 696 g/mol. The molecule has 21 heteroatoms. The van der Waals surface area contributed by atoms with E-state index in [1.54, 1.807) is 27.7 Å². The number of nitrogens with zero attached hydrogens (tertiary/aromatic N) is 4. The van der Waals surface area contributed by atoms with Crippen molar-refractivity contribution < 1.29 is 65.6 Å². The Labute approximate surface area is 268 Å². The van der Waals surface area contributed by atoms with Gasteiger partial charge in [-0.05, 0) is 27.7 Å². The number of methoxy groups -OCH3 is 1. The second-order valence-electron chi connectivity index (χ2n) is 10.3. The minimum atomic E-state index is -4.74. The van der Waals surface area contributed by atoms with E-state index >= 15 is 0 Å². The molecule has 0 saturated carbocycles. The number of nitrogen functional groups attached to an aromatic ring is 1. The maximum Gasteiger partial charge on any atom is 0.510 e. The summed E-state index contributed by atoms with van der Waals surface area (Å²) in [4.78, 5) is 36.2. The topological polar surface area (TPSA) is 222 Å². The molecule has 19 nitrogen and oxygen atoms in total. The number of imidazole rings is 1. The third-order valence-corrected chi connectivity index (χ3v) is 8.19. The van der Waals surface area contributed by atoms with Crippen LogP contribution < -0.4 is 5.73 Å². The van der Waals surface area contributed by atoms with E-state index in [9.17, 15) is 14.2 Å². The van der Waals surface area contributed by atoms with Crippen LogP contribution in [0, 0.1) is 0 Å². The number of ether oxygens (including phenoxy) is 8. The van der Waals surface area contributed by atoms with Crippen molar-refractivity contribution in [3.05, 3.63) is 25.3 Å². The quantitative estimate of drug-likeness (QED) is 0.0926. The van der Waals surface area contributed by atoms with Crippen LogP contribution in [0.1, 0.15) is 33.9 Å². The first-order valence-corrected chi connectivity index (χ1v) is 15.7. The number of rotatable bonds is 15. The highest BCUT2D eigenvalue weighted by Crippen LogP contribution is 2.57. The number of fused-ring (bicyclic) bond motifs is 2. The predicted octanol–water partition coefficient (Wildman–Crippen LogP) is 3.38. The van der Waals surface area contributed by atoms with Crippen LogP contribution in [0.15, 0.2) is 25.3 Å². The molecular weight excluding hydrogens is 661 g/mol. The van der Waals surface area contributed by atoms with Gasteiger partial charge in [-0.3, -0.25) is 9.09 Å². The molecule has 2 N–H and O–H groups in total. The predicted molar refractivity (Wildman–Crippen MR) is 154 cm³/mol. The maximum atomic E-state index is 13.7. The Balaban J connectivity index is 1.61. The van der Waals surface area contributed by atoms with Crippen LogP contribution in [-0.4, -0.2) is 101 Å². The number of aromatic nitrogens is 4. The van der Waals surface area contributed by atoms with Gasteiger partial charge in [-0.1, -0.05) is 12.7 Å². The smallest absolute Gasteiger partial charge is 0.432 e. The third kappa shape index (κ3) is 7.53. The lowest BCUT2D eigenvalue weighted by molar-refractivity contribution is -0.275. The molecule has 2 aliphatic heterocycles. The Morgan fingerprint density at radius 2 is 1.72 bits per heavy atom. The molecule has 256 valence electrons. The first-order valence-electron chi connectivity index (χ1n) is 13.7. The molecule has 0 aliphatic carbocycles. The Hall–Kier alpha value is -3.13. The first-order chi connectivity index (χ1) is 21.8. The molecule has 2 aromatic rings. The summed E-state index contributed by atoms with van der Waals surface area (Å²) in [5, 5.41) is 0. The first kappa shape index (κ1) is 35.7. The van der Waals surface area contributed by atoms with E-state index < -0.39 is 82.5 Å². The SMILES string of the molecule is C=C[C@@]12OC(OC)O[C@@H]1[C@@](CCl)(COP(=O)(OCOC(=O)OC(C)C)OCOC(=O)OC(C)C)O[C@H]2n1cnc2c(N)ncnc21. The standard InChI is InChI=1S/C25H35ClN5O14P/c1-7-25-19(43-23(35-6)45-25)24(8-26,44-20(25)31-11-30-16-17(27)28-10-29-18(16)31)9-38-46(34,39-12-36-21(32)41-14(2)3)40-13-37-22(33)42-15(4)5/h7,10-11,14-15,19-20,23H,1,8-9,12-13H2,2-6H3,(H2,27,28,29)/t19-,20-,23?,24-,25-/m1/s1. The Morgan fingerprint density at radius 1 is 1.09 bits per heavy atom. The second kappa shape index (κ2) is 14.7. The molecule has 46 heavy (non-hydrogen) atoms. The highest BCUT2D eigenvalue weighted by atomic mass is 35.5. The summed E-state index contributed by atoms with van der Waals surface area (Å²) in [6.45, 7) is 6.54. The molecule has 2 fully saturated rings. The Morgan fingerprint density at radius 3 is 2.26 bits per heavy atom. The van der Waals surface area contributed by atoms with Gasteiger partial charge in [0, 0.05) is 7.11 Å². The van der Waals surface area contributed by atoms with Crippen LogP contribution >= 0.6 is 19.4 Å². The zero-order valence-electron chi connectivity index (χ0n) is 25.6. The molecule has 0 amide bonds. The fourth-order valence-corrected chi connectivity index (χ4v) is 5.77. The van der Waals surface area contributed by atoms with Crippen molar-refractivity contribution in [1.82, 2.24) is 19.5 Å². The number of halogens is 1. The van der Waals surface area contributed by atoms with Crippen molar-refractivity contribution in [3.8, 4) is 0 Å². The van der Waals surface area contributed by atoms with Crippen LogP contribution in [0.3, 0.4) is 0 Å². The largest absolute Gasteiger partial charge is 0.510 e. The minimum absolute atomic E-state index is 0.116. The lowest BCUT2D eigenvalue weighted by Gasteiger charge is -2.32. The van der Waals surface area contributed by atoms with Gasteiger partial charge in [0.25, 0.3) is 6.48 Å². The summed E-state index contributed by atoms with van der Waals surface area (Å²) >= 11 is 6.50. The van der Waals surface area contributed by atoms with Crippen molar-refractivity contribution in [2.75, 3.05) is 38.9 Å². The summed E-state index contributed by atoms with van der Waals surface area (Å²) in [5.41, 5.74) is 3.35. The van der Waals surface area contributed by atoms with Gasteiger partial charge in [0.15, 0.2) is 23.3 Å². The molecule has 4 heterocycles. The summed E-state index contributed by atoms with van der Waals surface area (Å²) in [6.07, 6.45) is -1.42. The number of hydrogen-bond acceptors (Lipinski definition) is 18. The molecule has 4 rings (SSSR count). The van der Waals surface area contributed by atoms with E-state index in [4.69, 9.17) is 68.8 Å².